The van der Waals surface area contributed by atoms with Crippen LogP contribution in [0.5, 0.6) is 0 Å². The van der Waals surface area contributed by atoms with Gasteiger partial charge in [-0.1, -0.05) is 115 Å². The molecule has 9 heteroatoms. The number of carbonyl (C=O) groups is 2. The van der Waals surface area contributed by atoms with E-state index in [0.29, 0.717) is 42.0 Å². The number of rotatable bonds is 6. The van der Waals surface area contributed by atoms with Crippen LogP contribution in [0.15, 0.2) is 120 Å². The van der Waals surface area contributed by atoms with Gasteiger partial charge in [-0.3, -0.25) is 19.9 Å². The highest BCUT2D eigenvalue weighted by atomic mass is 35.5. The van der Waals surface area contributed by atoms with Crippen LogP contribution in [0, 0.1) is 5.41 Å². The zero-order chi connectivity index (χ0) is 30.2. The van der Waals surface area contributed by atoms with Gasteiger partial charge in [-0.25, -0.2) is 0 Å². The van der Waals surface area contributed by atoms with E-state index < -0.39 is 5.91 Å². The fourth-order valence-corrected chi connectivity index (χ4v) is 7.19. The molecule has 1 N–H and O–H groups in total. The maximum atomic E-state index is 14.2. The van der Waals surface area contributed by atoms with E-state index in [4.69, 9.17) is 17.0 Å². The molecule has 3 heterocycles. The monoisotopic (exact) mass is 628 g/mol. The Bertz CT molecular complexity index is 2100. The molecular weight excluding hydrogens is 608 g/mol. The molecule has 4 aromatic carbocycles. The van der Waals surface area contributed by atoms with Gasteiger partial charge in [0.25, 0.3) is 5.91 Å². The molecule has 44 heavy (non-hydrogen) atoms. The lowest BCUT2D eigenvalue weighted by Crippen LogP contribution is -2.29. The Morgan fingerprint density at radius 3 is 2.07 bits per heavy atom. The summed E-state index contributed by atoms with van der Waals surface area (Å²) in [7, 11) is 0. The van der Waals surface area contributed by atoms with E-state index in [1.165, 1.54) is 16.2 Å². The van der Waals surface area contributed by atoms with Crippen molar-refractivity contribution in [1.82, 2.24) is 10.2 Å². The van der Waals surface area contributed by atoms with E-state index in [1.54, 1.807) is 42.5 Å². The Labute approximate surface area is 266 Å². The average Bonchev–Trinajstić information content (AvgIpc) is 3.57. The fraction of sp³-hybridized carbons (Fsp3) is 0. The second kappa shape index (κ2) is 11.7. The van der Waals surface area contributed by atoms with Gasteiger partial charge >= 0.3 is 0 Å². The number of anilines is 1. The van der Waals surface area contributed by atoms with Crippen molar-refractivity contribution < 1.29 is 9.59 Å². The first kappa shape index (κ1) is 27.9. The number of thioether (sulfide) groups is 1. The molecule has 0 bridgehead atoms. The van der Waals surface area contributed by atoms with Crippen molar-refractivity contribution in [3.8, 4) is 22.4 Å². The molecule has 0 spiro atoms. The van der Waals surface area contributed by atoms with Crippen LogP contribution in [0.3, 0.4) is 0 Å². The van der Waals surface area contributed by atoms with Crippen molar-refractivity contribution in [2.75, 3.05) is 4.90 Å². The molecule has 0 radical (unpaired) electrons. The summed E-state index contributed by atoms with van der Waals surface area (Å²) in [6.45, 7) is 0. The summed E-state index contributed by atoms with van der Waals surface area (Å²) in [5, 5.41) is 19.4. The Kier molecular flexibility index (Phi) is 7.39. The minimum atomic E-state index is -0.395. The van der Waals surface area contributed by atoms with Crippen LogP contribution in [-0.4, -0.2) is 27.1 Å². The van der Waals surface area contributed by atoms with Gasteiger partial charge in [0.1, 0.15) is 15.4 Å². The first-order valence-corrected chi connectivity index (χ1v) is 15.6. The number of hydrogen-bond donors (Lipinski definition) is 1. The minimum Gasteiger partial charge on any atom is -0.288 e. The molecule has 6 nitrogen and oxygen atoms in total. The van der Waals surface area contributed by atoms with Gasteiger partial charge in [0.15, 0.2) is 5.17 Å². The first-order chi connectivity index (χ1) is 21.5. The third-order valence-corrected chi connectivity index (χ3v) is 9.36. The summed E-state index contributed by atoms with van der Waals surface area (Å²) in [5.41, 5.74) is 4.64. The number of benzene rings is 4. The van der Waals surface area contributed by atoms with E-state index in [0.717, 1.165) is 34.0 Å². The number of amidine groups is 1. The van der Waals surface area contributed by atoms with Crippen molar-refractivity contribution in [3.05, 3.63) is 141 Å². The molecule has 1 fully saturated rings. The maximum Gasteiger partial charge on any atom is 0.271 e. The second-order valence-electron chi connectivity index (χ2n) is 9.92. The number of fused-ring (bicyclic) bond motifs is 1. The molecule has 212 valence electrons. The van der Waals surface area contributed by atoms with Crippen LogP contribution in [0.2, 0.25) is 5.02 Å². The zero-order valence-corrected chi connectivity index (χ0v) is 25.3. The summed E-state index contributed by atoms with van der Waals surface area (Å²) >= 11 is 8.30. The van der Waals surface area contributed by atoms with Gasteiger partial charge in [0.2, 0.25) is 5.78 Å². The number of halogens is 1. The Hall–Kier alpha value is -4.89. The molecule has 6 aromatic rings. The molecular formula is C35H21ClN4O2S2. The molecule has 0 unspecified atom stereocenters. The van der Waals surface area contributed by atoms with Crippen molar-refractivity contribution in [3.63, 3.8) is 0 Å². The minimum absolute atomic E-state index is 0.00545. The van der Waals surface area contributed by atoms with Crippen LogP contribution in [-0.2, 0) is 4.79 Å². The number of amides is 1. The van der Waals surface area contributed by atoms with E-state index in [-0.39, 0.29) is 11.0 Å². The van der Waals surface area contributed by atoms with E-state index in [2.05, 4.69) is 10.2 Å². The normalized spacial score (nSPS) is 14.1. The lowest BCUT2D eigenvalue weighted by molar-refractivity contribution is -0.113. The van der Waals surface area contributed by atoms with Crippen LogP contribution in [0.25, 0.3) is 38.7 Å². The van der Waals surface area contributed by atoms with Gasteiger partial charge in [0, 0.05) is 27.1 Å². The quantitative estimate of drug-likeness (QED) is 0.147. The number of ketones is 1. The summed E-state index contributed by atoms with van der Waals surface area (Å²) in [4.78, 5) is 30.8. The van der Waals surface area contributed by atoms with Gasteiger partial charge in [-0.15, -0.1) is 21.5 Å². The highest BCUT2D eigenvalue weighted by Gasteiger charge is 2.39. The lowest BCUT2D eigenvalue weighted by atomic mass is 9.95. The van der Waals surface area contributed by atoms with Gasteiger partial charge in [-0.05, 0) is 41.1 Å². The molecule has 2 aromatic heterocycles. The number of carbonyl (C=O) groups excluding carboxylic acids is 2. The summed E-state index contributed by atoms with van der Waals surface area (Å²) < 4.78 is 0. The third-order valence-electron chi connectivity index (χ3n) is 7.16. The fourth-order valence-electron chi connectivity index (χ4n) is 5.14. The SMILES string of the molecule is N=C1S/C(=C/c2ccc(Cl)cc2)C(=O)N1c1c(C(=O)c2ccccc2)sc2nnc(-c3ccccc3)c(-c3ccccc3)c12. The molecule has 7 rings (SSSR count). The van der Waals surface area contributed by atoms with Crippen molar-refractivity contribution in [2.45, 2.75) is 0 Å². The van der Waals surface area contributed by atoms with Crippen LogP contribution in [0.4, 0.5) is 5.69 Å². The highest BCUT2D eigenvalue weighted by Crippen LogP contribution is 2.49. The third kappa shape index (κ3) is 5.03. The Balaban J connectivity index is 1.52. The number of nitrogens with zero attached hydrogens (tertiary/aromatic N) is 3. The molecule has 0 atom stereocenters. The Morgan fingerprint density at radius 2 is 1.41 bits per heavy atom. The molecule has 1 aliphatic rings. The Morgan fingerprint density at radius 1 is 0.795 bits per heavy atom. The largest absolute Gasteiger partial charge is 0.288 e. The van der Waals surface area contributed by atoms with E-state index in [9.17, 15) is 9.59 Å². The van der Waals surface area contributed by atoms with Crippen molar-refractivity contribution in [2.24, 2.45) is 0 Å². The molecule has 0 aliphatic carbocycles. The first-order valence-electron chi connectivity index (χ1n) is 13.6. The average molecular weight is 629 g/mol. The van der Waals surface area contributed by atoms with Crippen LogP contribution >= 0.6 is 34.7 Å². The molecule has 0 saturated carbocycles. The topological polar surface area (TPSA) is 87.0 Å². The maximum absolute atomic E-state index is 14.2. The number of hydrogen-bond acceptors (Lipinski definition) is 7. The van der Waals surface area contributed by atoms with Gasteiger partial charge in [-0.2, -0.15) is 0 Å². The summed E-state index contributed by atoms with van der Waals surface area (Å²) in [6.07, 6.45) is 1.73. The smallest absolute Gasteiger partial charge is 0.271 e. The molecule has 1 amide bonds. The van der Waals surface area contributed by atoms with E-state index >= 15 is 0 Å². The number of nitrogens with one attached hydrogen (secondary N) is 1. The highest BCUT2D eigenvalue weighted by molar-refractivity contribution is 8.19. The van der Waals surface area contributed by atoms with Crippen molar-refractivity contribution in [1.29, 1.82) is 5.41 Å². The number of aromatic nitrogens is 2. The van der Waals surface area contributed by atoms with Crippen LogP contribution < -0.4 is 4.90 Å². The van der Waals surface area contributed by atoms with Crippen molar-refractivity contribution >= 4 is 73.5 Å². The molecule has 1 saturated heterocycles. The van der Waals surface area contributed by atoms with Gasteiger partial charge in [0.05, 0.1) is 10.6 Å². The number of thiophene rings is 1. The second-order valence-corrected chi connectivity index (χ2v) is 12.4. The predicted octanol–water partition coefficient (Wildman–Crippen LogP) is 8.97. The zero-order valence-electron chi connectivity index (χ0n) is 22.9. The standard InChI is InChI=1S/C35H21ClN4O2S2/c36-25-18-16-21(17-19-25)20-26-34(42)40(35(37)43-26)30-28-27(22-10-4-1-5-11-22)29(23-12-6-2-7-13-23)38-39-33(28)44-32(30)31(41)24-14-8-3-9-15-24/h1-20,37H/b26-20+,37-35?. The van der Waals surface area contributed by atoms with E-state index in [1.807, 2.05) is 78.9 Å². The van der Waals surface area contributed by atoms with Crippen LogP contribution in [0.1, 0.15) is 20.8 Å². The predicted molar refractivity (Wildman–Crippen MR) is 180 cm³/mol. The molecule has 1 aliphatic heterocycles. The lowest BCUT2D eigenvalue weighted by Gasteiger charge is -2.18. The summed E-state index contributed by atoms with van der Waals surface area (Å²) in [6, 6.07) is 35.5. The summed E-state index contributed by atoms with van der Waals surface area (Å²) in [5.74, 6) is -0.654. The van der Waals surface area contributed by atoms with Gasteiger partial charge < -0.3 is 0 Å².